The highest BCUT2D eigenvalue weighted by molar-refractivity contribution is 8.21. The van der Waals surface area contributed by atoms with Gasteiger partial charge in [0, 0.05) is 23.6 Å². The highest BCUT2D eigenvalue weighted by Crippen LogP contribution is 2.64. The third-order valence-electron chi connectivity index (χ3n) is 5.79. The van der Waals surface area contributed by atoms with Gasteiger partial charge < -0.3 is 4.74 Å². The van der Waals surface area contributed by atoms with Crippen LogP contribution in [0.4, 0.5) is 5.69 Å². The number of esters is 1. The zero-order valence-electron chi connectivity index (χ0n) is 14.2. The normalized spacial score (nSPS) is 29.5. The number of non-ortho nitro benzene ring substituents is 1. The summed E-state index contributed by atoms with van der Waals surface area (Å²) in [6.45, 7) is 0. The van der Waals surface area contributed by atoms with Crippen LogP contribution in [0, 0.1) is 27.9 Å². The zero-order valence-corrected chi connectivity index (χ0v) is 16.6. The van der Waals surface area contributed by atoms with E-state index in [9.17, 15) is 14.9 Å². The van der Waals surface area contributed by atoms with Crippen LogP contribution >= 0.6 is 35.1 Å². The Morgan fingerprint density at radius 1 is 1.23 bits per heavy atom. The van der Waals surface area contributed by atoms with Crippen LogP contribution in [0.1, 0.15) is 32.1 Å². The first-order valence-electron chi connectivity index (χ1n) is 8.93. The van der Waals surface area contributed by atoms with E-state index >= 15 is 0 Å². The lowest BCUT2D eigenvalue weighted by atomic mass is 9.67. The van der Waals surface area contributed by atoms with Crippen LogP contribution in [-0.2, 0) is 4.79 Å². The summed E-state index contributed by atoms with van der Waals surface area (Å²) in [7, 11) is 0. The maximum atomic E-state index is 12.7. The molecule has 2 unspecified atom stereocenters. The van der Waals surface area contributed by atoms with Gasteiger partial charge in [-0.1, -0.05) is 18.0 Å². The quantitative estimate of drug-likeness (QED) is 0.295. The van der Waals surface area contributed by atoms with E-state index in [-0.39, 0.29) is 28.3 Å². The summed E-state index contributed by atoms with van der Waals surface area (Å²) >= 11 is 10.3. The largest absolute Gasteiger partial charge is 0.425 e. The second-order valence-electron chi connectivity index (χ2n) is 7.20. The average Bonchev–Trinajstić information content (AvgIpc) is 3.05. The summed E-state index contributed by atoms with van der Waals surface area (Å²) in [5, 5.41) is 10.9. The Bertz CT molecular complexity index is 722. The second kappa shape index (κ2) is 7.24. The Morgan fingerprint density at radius 3 is 2.46 bits per heavy atom. The summed E-state index contributed by atoms with van der Waals surface area (Å²) in [6.07, 6.45) is 5.39. The van der Waals surface area contributed by atoms with E-state index in [4.69, 9.17) is 16.3 Å². The van der Waals surface area contributed by atoms with Gasteiger partial charge in [-0.15, -0.1) is 23.5 Å². The molecular weight excluding hydrogens is 394 g/mol. The molecule has 1 aliphatic heterocycles. The van der Waals surface area contributed by atoms with Gasteiger partial charge in [-0.3, -0.25) is 14.9 Å². The number of ether oxygens (including phenoxy) is 1. The molecule has 26 heavy (non-hydrogen) atoms. The van der Waals surface area contributed by atoms with Gasteiger partial charge in [0.15, 0.2) is 0 Å². The molecule has 0 amide bonds. The highest BCUT2D eigenvalue weighted by atomic mass is 35.5. The van der Waals surface area contributed by atoms with Crippen LogP contribution < -0.4 is 4.74 Å². The first-order valence-corrected chi connectivity index (χ1v) is 11.3. The molecule has 2 saturated carbocycles. The van der Waals surface area contributed by atoms with Crippen LogP contribution in [0.3, 0.4) is 0 Å². The number of nitro groups is 1. The van der Waals surface area contributed by atoms with Gasteiger partial charge in [-0.05, 0) is 43.6 Å². The molecule has 3 fully saturated rings. The van der Waals surface area contributed by atoms with Gasteiger partial charge >= 0.3 is 5.97 Å². The van der Waals surface area contributed by atoms with Gasteiger partial charge in [-0.25, -0.2) is 0 Å². The topological polar surface area (TPSA) is 69.4 Å². The fraction of sp³-hybridized carbons (Fsp3) is 0.611. The predicted molar refractivity (Wildman–Crippen MR) is 105 cm³/mol. The third kappa shape index (κ3) is 3.22. The molecule has 2 bridgehead atoms. The standard InChI is InChI=1S/C18H20ClNO4S2/c19-15-10-14(20(22)23)4-5-16(15)24-17(21)11-8-12-2-1-3-13(9-11)18(12)25-6-7-26-18/h4-5,10-13H,1-3,6-9H2. The summed E-state index contributed by atoms with van der Waals surface area (Å²) in [5.74, 6) is 3.41. The molecule has 4 rings (SSSR count). The second-order valence-corrected chi connectivity index (χ2v) is 10.6. The number of nitro benzene ring substituents is 1. The van der Waals surface area contributed by atoms with Crippen LogP contribution in [0.15, 0.2) is 18.2 Å². The molecule has 5 nitrogen and oxygen atoms in total. The molecule has 1 aromatic rings. The van der Waals surface area contributed by atoms with Crippen LogP contribution in [-0.4, -0.2) is 26.5 Å². The number of carbonyl (C=O) groups is 1. The first-order chi connectivity index (χ1) is 12.5. The van der Waals surface area contributed by atoms with E-state index in [1.165, 1.54) is 49.0 Å². The lowest BCUT2D eigenvalue weighted by molar-refractivity contribution is -0.384. The lowest BCUT2D eigenvalue weighted by Gasteiger charge is -2.51. The van der Waals surface area contributed by atoms with Crippen LogP contribution in [0.2, 0.25) is 5.02 Å². The number of benzene rings is 1. The Labute approximate surface area is 165 Å². The number of nitrogens with zero attached hydrogens (tertiary/aromatic N) is 1. The molecule has 0 aromatic heterocycles. The Balaban J connectivity index is 1.47. The predicted octanol–water partition coefficient (Wildman–Crippen LogP) is 5.16. The minimum Gasteiger partial charge on any atom is -0.425 e. The minimum atomic E-state index is -0.518. The van der Waals surface area contributed by atoms with Crippen molar-refractivity contribution in [1.82, 2.24) is 0 Å². The molecule has 0 radical (unpaired) electrons. The van der Waals surface area contributed by atoms with Crippen molar-refractivity contribution < 1.29 is 14.5 Å². The summed E-state index contributed by atoms with van der Waals surface area (Å²) in [4.78, 5) is 23.0. The van der Waals surface area contributed by atoms with Crippen molar-refractivity contribution in [3.63, 3.8) is 0 Å². The maximum Gasteiger partial charge on any atom is 0.314 e. The molecule has 8 heteroatoms. The van der Waals surface area contributed by atoms with Gasteiger partial charge in [0.1, 0.15) is 5.75 Å². The Morgan fingerprint density at radius 2 is 1.88 bits per heavy atom. The molecule has 1 heterocycles. The van der Waals surface area contributed by atoms with Gasteiger partial charge in [-0.2, -0.15) is 0 Å². The fourth-order valence-corrected chi connectivity index (χ4v) is 8.83. The monoisotopic (exact) mass is 413 g/mol. The van der Waals surface area contributed by atoms with Crippen molar-refractivity contribution in [2.75, 3.05) is 11.5 Å². The summed E-state index contributed by atoms with van der Waals surface area (Å²) in [6, 6.07) is 3.94. The Kier molecular flexibility index (Phi) is 5.14. The zero-order chi connectivity index (χ0) is 18.3. The van der Waals surface area contributed by atoms with Crippen molar-refractivity contribution in [2.24, 2.45) is 17.8 Å². The van der Waals surface area contributed by atoms with Crippen molar-refractivity contribution in [3.05, 3.63) is 33.3 Å². The highest BCUT2D eigenvalue weighted by Gasteiger charge is 2.55. The number of hydrogen-bond donors (Lipinski definition) is 0. The third-order valence-corrected chi connectivity index (χ3v) is 10.1. The molecule has 1 saturated heterocycles. The van der Waals surface area contributed by atoms with E-state index in [0.717, 1.165) is 12.8 Å². The summed E-state index contributed by atoms with van der Waals surface area (Å²) in [5.41, 5.74) is -0.112. The van der Waals surface area contributed by atoms with Crippen molar-refractivity contribution >= 4 is 46.8 Å². The van der Waals surface area contributed by atoms with E-state index in [2.05, 4.69) is 23.5 Å². The molecule has 2 aliphatic carbocycles. The van der Waals surface area contributed by atoms with Gasteiger partial charge in [0.05, 0.1) is 19.9 Å². The van der Waals surface area contributed by atoms with Crippen LogP contribution in [0.25, 0.3) is 0 Å². The smallest absolute Gasteiger partial charge is 0.314 e. The van der Waals surface area contributed by atoms with E-state index in [0.29, 0.717) is 15.9 Å². The number of thioether (sulfide) groups is 2. The lowest BCUT2D eigenvalue weighted by Crippen LogP contribution is -2.48. The van der Waals surface area contributed by atoms with E-state index in [1.54, 1.807) is 0 Å². The van der Waals surface area contributed by atoms with E-state index < -0.39 is 4.92 Å². The molecule has 3 aliphatic rings. The molecular formula is C18H20ClNO4S2. The first kappa shape index (κ1) is 18.4. The van der Waals surface area contributed by atoms with Crippen molar-refractivity contribution in [2.45, 2.75) is 36.2 Å². The molecule has 2 atom stereocenters. The van der Waals surface area contributed by atoms with E-state index in [1.807, 2.05) is 0 Å². The van der Waals surface area contributed by atoms with Crippen molar-refractivity contribution in [1.29, 1.82) is 0 Å². The van der Waals surface area contributed by atoms with Crippen LogP contribution in [0.5, 0.6) is 5.75 Å². The molecule has 1 spiro atoms. The number of halogens is 1. The Hall–Kier alpha value is -0.920. The minimum absolute atomic E-state index is 0.0990. The van der Waals surface area contributed by atoms with Gasteiger partial charge in [0.25, 0.3) is 5.69 Å². The molecule has 1 aromatic carbocycles. The van der Waals surface area contributed by atoms with Gasteiger partial charge in [0.2, 0.25) is 0 Å². The average molecular weight is 414 g/mol. The fourth-order valence-electron chi connectivity index (χ4n) is 4.68. The molecule has 0 N–H and O–H groups in total. The maximum absolute atomic E-state index is 12.7. The van der Waals surface area contributed by atoms with Crippen molar-refractivity contribution in [3.8, 4) is 5.75 Å². The number of hydrogen-bond acceptors (Lipinski definition) is 6. The SMILES string of the molecule is O=C(Oc1ccc([N+](=O)[O-])cc1Cl)C1CC2CCCC(C1)C21SCCS1. The summed E-state index contributed by atoms with van der Waals surface area (Å²) < 4.78 is 5.85. The number of rotatable bonds is 3. The molecule has 140 valence electrons. The number of carbonyl (C=O) groups excluding carboxylic acids is 1.